The van der Waals surface area contributed by atoms with E-state index in [-0.39, 0.29) is 6.61 Å². The molecule has 0 aromatic carbocycles. The number of aromatic nitrogens is 2. The normalized spacial score (nSPS) is 16.9. The van der Waals surface area contributed by atoms with Gasteiger partial charge in [0.15, 0.2) is 12.0 Å². The Kier molecular flexibility index (Phi) is 2.67. The quantitative estimate of drug-likeness (QED) is 0.641. The van der Waals surface area contributed by atoms with Gasteiger partial charge in [0.05, 0.1) is 34.3 Å². The summed E-state index contributed by atoms with van der Waals surface area (Å²) in [5.41, 5.74) is 1.31. The first-order chi connectivity index (χ1) is 7.13. The molecule has 1 aromatic heterocycles. The van der Waals surface area contributed by atoms with Gasteiger partial charge in [-0.25, -0.2) is 4.57 Å². The second-order valence-corrected chi connectivity index (χ2v) is 4.22. The van der Waals surface area contributed by atoms with E-state index in [2.05, 4.69) is 46.4 Å². The zero-order valence-corrected chi connectivity index (χ0v) is 9.64. The smallest absolute Gasteiger partial charge is 0.260 e. The van der Waals surface area contributed by atoms with Crippen LogP contribution >= 0.6 is 0 Å². The molecule has 2 heterocycles. The number of hydrogen-bond donors (Lipinski definition) is 1. The van der Waals surface area contributed by atoms with Crippen molar-refractivity contribution < 1.29 is 9.67 Å². The van der Waals surface area contributed by atoms with E-state index >= 15 is 0 Å². The van der Waals surface area contributed by atoms with Gasteiger partial charge in [0.2, 0.25) is 0 Å². The number of aryl methyl sites for hydroxylation is 2. The number of imidazole rings is 1. The average Bonchev–Trinajstić information content (AvgIpc) is 2.43. The van der Waals surface area contributed by atoms with Crippen LogP contribution in [0.5, 0.6) is 0 Å². The number of anilines is 1. The summed E-state index contributed by atoms with van der Waals surface area (Å²) in [5, 5.41) is 8.96. The molecule has 1 aliphatic heterocycles. The van der Waals surface area contributed by atoms with Crippen LogP contribution in [0.15, 0.2) is 6.33 Å². The molecule has 1 aliphatic rings. The van der Waals surface area contributed by atoms with Gasteiger partial charge in [-0.15, -0.1) is 0 Å². The Balaban J connectivity index is 2.30. The SMILES string of the molecule is CN1CN(CCO)Cc2c1[n+](C)cn2C. The summed E-state index contributed by atoms with van der Waals surface area (Å²) in [4.78, 5) is 4.46. The largest absolute Gasteiger partial charge is 0.395 e. The number of aliphatic hydroxyl groups excluding tert-OH is 1. The molecular weight excluding hydrogens is 192 g/mol. The second-order valence-electron chi connectivity index (χ2n) is 4.22. The highest BCUT2D eigenvalue weighted by atomic mass is 16.3. The van der Waals surface area contributed by atoms with Crippen LogP contribution in [0.3, 0.4) is 0 Å². The van der Waals surface area contributed by atoms with Gasteiger partial charge in [0, 0.05) is 6.54 Å². The lowest BCUT2D eigenvalue weighted by Crippen LogP contribution is -2.46. The molecule has 0 bridgehead atoms. The maximum Gasteiger partial charge on any atom is 0.260 e. The summed E-state index contributed by atoms with van der Waals surface area (Å²) in [7, 11) is 6.22. The fourth-order valence-corrected chi connectivity index (χ4v) is 2.34. The molecule has 0 saturated heterocycles. The lowest BCUT2D eigenvalue weighted by atomic mass is 10.3. The summed E-state index contributed by atoms with van der Waals surface area (Å²) < 4.78 is 4.29. The summed E-state index contributed by atoms with van der Waals surface area (Å²) >= 11 is 0. The van der Waals surface area contributed by atoms with E-state index in [1.807, 2.05) is 0 Å². The number of rotatable bonds is 2. The number of β-amino-alcohol motifs (C(OH)–C–C–N with tert-alkyl or cyclic N) is 1. The molecule has 0 saturated carbocycles. The molecule has 5 nitrogen and oxygen atoms in total. The third-order valence-electron chi connectivity index (χ3n) is 2.93. The van der Waals surface area contributed by atoms with E-state index < -0.39 is 0 Å². The molecule has 0 spiro atoms. The highest BCUT2D eigenvalue weighted by Gasteiger charge is 2.30. The van der Waals surface area contributed by atoms with E-state index in [0.29, 0.717) is 0 Å². The minimum absolute atomic E-state index is 0.222. The molecule has 2 rings (SSSR count). The number of nitrogens with zero attached hydrogens (tertiary/aromatic N) is 4. The Bertz CT molecular complexity index is 361. The molecule has 0 radical (unpaired) electrons. The van der Waals surface area contributed by atoms with Crippen LogP contribution in [0.2, 0.25) is 0 Å². The predicted molar refractivity (Wildman–Crippen MR) is 57.4 cm³/mol. The van der Waals surface area contributed by atoms with Crippen LogP contribution in [0.25, 0.3) is 0 Å². The zero-order chi connectivity index (χ0) is 11.0. The van der Waals surface area contributed by atoms with Gasteiger partial charge >= 0.3 is 0 Å². The van der Waals surface area contributed by atoms with Crippen molar-refractivity contribution in [3.05, 3.63) is 12.0 Å². The van der Waals surface area contributed by atoms with E-state index in [4.69, 9.17) is 5.11 Å². The van der Waals surface area contributed by atoms with E-state index in [1.165, 1.54) is 11.5 Å². The van der Waals surface area contributed by atoms with Crippen LogP contribution in [0, 0.1) is 0 Å². The van der Waals surface area contributed by atoms with Crippen molar-refractivity contribution in [2.45, 2.75) is 6.54 Å². The molecule has 15 heavy (non-hydrogen) atoms. The minimum Gasteiger partial charge on any atom is -0.395 e. The predicted octanol–water partition coefficient (Wildman–Crippen LogP) is -0.949. The third kappa shape index (κ3) is 1.72. The first-order valence-corrected chi connectivity index (χ1v) is 5.21. The van der Waals surface area contributed by atoms with E-state index in [0.717, 1.165) is 19.8 Å². The van der Waals surface area contributed by atoms with Gasteiger partial charge in [-0.05, 0) is 0 Å². The first kappa shape index (κ1) is 10.4. The second kappa shape index (κ2) is 3.83. The highest BCUT2D eigenvalue weighted by molar-refractivity contribution is 5.40. The molecule has 1 N–H and O–H groups in total. The lowest BCUT2D eigenvalue weighted by molar-refractivity contribution is -0.659. The van der Waals surface area contributed by atoms with Crippen LogP contribution in [-0.2, 0) is 20.6 Å². The highest BCUT2D eigenvalue weighted by Crippen LogP contribution is 2.21. The van der Waals surface area contributed by atoms with Gasteiger partial charge < -0.3 is 5.11 Å². The molecular formula is C10H19N4O+. The van der Waals surface area contributed by atoms with Gasteiger partial charge in [0.1, 0.15) is 6.67 Å². The fraction of sp³-hybridized carbons (Fsp3) is 0.700. The number of fused-ring (bicyclic) bond motifs is 1. The first-order valence-electron chi connectivity index (χ1n) is 5.21. The Morgan fingerprint density at radius 3 is 2.87 bits per heavy atom. The van der Waals surface area contributed by atoms with Crippen LogP contribution in [0.1, 0.15) is 5.69 Å². The van der Waals surface area contributed by atoms with Crippen molar-refractivity contribution in [2.75, 3.05) is 31.8 Å². The van der Waals surface area contributed by atoms with Crippen LogP contribution in [-0.4, -0.2) is 41.4 Å². The maximum atomic E-state index is 8.96. The average molecular weight is 211 g/mol. The zero-order valence-electron chi connectivity index (χ0n) is 9.64. The van der Waals surface area contributed by atoms with Crippen molar-refractivity contribution in [1.29, 1.82) is 0 Å². The van der Waals surface area contributed by atoms with Gasteiger partial charge in [-0.1, -0.05) is 0 Å². The molecule has 0 unspecified atom stereocenters. The minimum atomic E-state index is 0.222. The molecule has 5 heteroatoms. The molecule has 0 amide bonds. The molecule has 0 aliphatic carbocycles. The van der Waals surface area contributed by atoms with Crippen molar-refractivity contribution in [2.24, 2.45) is 14.1 Å². The summed E-state index contributed by atoms with van der Waals surface area (Å²) in [5.74, 6) is 1.27. The molecule has 1 aromatic rings. The summed E-state index contributed by atoms with van der Waals surface area (Å²) in [6, 6.07) is 0. The Morgan fingerprint density at radius 2 is 2.20 bits per heavy atom. The number of hydrogen-bond acceptors (Lipinski definition) is 3. The Labute approximate surface area is 90.1 Å². The molecule has 0 fully saturated rings. The Morgan fingerprint density at radius 1 is 1.47 bits per heavy atom. The van der Waals surface area contributed by atoms with Crippen molar-refractivity contribution >= 4 is 5.82 Å². The number of aliphatic hydroxyl groups is 1. The topological polar surface area (TPSA) is 35.5 Å². The van der Waals surface area contributed by atoms with Crippen LogP contribution in [0.4, 0.5) is 5.82 Å². The lowest BCUT2D eigenvalue weighted by Gasteiger charge is -2.29. The van der Waals surface area contributed by atoms with Gasteiger partial charge in [-0.3, -0.25) is 14.4 Å². The van der Waals surface area contributed by atoms with E-state index in [1.54, 1.807) is 0 Å². The monoisotopic (exact) mass is 211 g/mol. The van der Waals surface area contributed by atoms with E-state index in [9.17, 15) is 0 Å². The standard InChI is InChI=1S/C10H19N4O/c1-11-7-12(2)10-9(11)6-14(4-5-15)8-13(10)3/h7,15H,4-6,8H2,1-3H3/q+1. The maximum absolute atomic E-state index is 8.96. The molecule has 84 valence electrons. The van der Waals surface area contributed by atoms with Crippen LogP contribution < -0.4 is 9.47 Å². The van der Waals surface area contributed by atoms with Gasteiger partial charge in [0.25, 0.3) is 5.82 Å². The van der Waals surface area contributed by atoms with Crippen molar-refractivity contribution in [3.63, 3.8) is 0 Å². The summed E-state index contributed by atoms with van der Waals surface area (Å²) in [6.45, 7) is 2.75. The van der Waals surface area contributed by atoms with Crippen molar-refractivity contribution in [1.82, 2.24) is 9.47 Å². The van der Waals surface area contributed by atoms with Crippen molar-refractivity contribution in [3.8, 4) is 0 Å². The summed E-state index contributed by atoms with van der Waals surface area (Å²) in [6.07, 6.45) is 2.09. The Hall–Kier alpha value is -1.07. The van der Waals surface area contributed by atoms with Gasteiger partial charge in [-0.2, -0.15) is 0 Å². The fourth-order valence-electron chi connectivity index (χ4n) is 2.34. The third-order valence-corrected chi connectivity index (χ3v) is 2.93. The molecule has 0 atom stereocenters.